The van der Waals surface area contributed by atoms with E-state index in [0.29, 0.717) is 17.1 Å². The van der Waals surface area contributed by atoms with Gasteiger partial charge >= 0.3 is 0 Å². The number of methoxy groups -OCH3 is 2. The molecule has 0 amide bonds. The summed E-state index contributed by atoms with van der Waals surface area (Å²) in [6.45, 7) is 17.6. The van der Waals surface area contributed by atoms with Gasteiger partial charge in [-0.1, -0.05) is 40.4 Å². The Labute approximate surface area is 155 Å². The molecule has 0 aliphatic rings. The number of carbonyl (C=O) groups is 1. The molecule has 25 heavy (non-hydrogen) atoms. The Morgan fingerprint density at radius 2 is 1.44 bits per heavy atom. The summed E-state index contributed by atoms with van der Waals surface area (Å²) in [5.41, 5.74) is 0.704. The molecule has 142 valence electrons. The first-order valence-electron chi connectivity index (χ1n) is 8.68. The molecular formula is C19H34O4Si2. The van der Waals surface area contributed by atoms with Crippen molar-refractivity contribution in [1.29, 1.82) is 0 Å². The van der Waals surface area contributed by atoms with Gasteiger partial charge < -0.3 is 13.9 Å². The van der Waals surface area contributed by atoms with Gasteiger partial charge in [-0.25, -0.2) is 0 Å². The molecule has 0 radical (unpaired) electrons. The number of rotatable bonds is 7. The van der Waals surface area contributed by atoms with Gasteiger partial charge in [-0.3, -0.25) is 4.79 Å². The van der Waals surface area contributed by atoms with Gasteiger partial charge in [-0.15, -0.1) is 0 Å². The molecule has 0 saturated carbocycles. The normalized spacial score (nSPS) is 12.9. The van der Waals surface area contributed by atoms with Crippen molar-refractivity contribution in [3.8, 4) is 11.5 Å². The van der Waals surface area contributed by atoms with E-state index in [1.165, 1.54) is 0 Å². The summed E-state index contributed by atoms with van der Waals surface area (Å²) in [5, 5.41) is 1.15. The van der Waals surface area contributed by atoms with E-state index < -0.39 is 16.4 Å². The highest BCUT2D eigenvalue weighted by Crippen LogP contribution is 2.36. The predicted molar refractivity (Wildman–Crippen MR) is 110 cm³/mol. The van der Waals surface area contributed by atoms with E-state index in [-0.39, 0.29) is 17.4 Å². The van der Waals surface area contributed by atoms with Crippen LogP contribution >= 0.6 is 0 Å². The number of hydrogen-bond donors (Lipinski definition) is 0. The third-order valence-electron chi connectivity index (χ3n) is 5.00. The van der Waals surface area contributed by atoms with E-state index in [1.54, 1.807) is 14.2 Å². The van der Waals surface area contributed by atoms with Gasteiger partial charge in [0, 0.05) is 5.56 Å². The summed E-state index contributed by atoms with van der Waals surface area (Å²) < 4.78 is 17.0. The number of carbonyl (C=O) groups excluding carboxylic acids is 1. The Hall–Kier alpha value is -1.12. The van der Waals surface area contributed by atoms with Crippen LogP contribution in [-0.2, 0) is 4.43 Å². The van der Waals surface area contributed by atoms with Crippen molar-refractivity contribution in [2.45, 2.75) is 58.5 Å². The summed E-state index contributed by atoms with van der Waals surface area (Å²) in [4.78, 5) is 13.0. The van der Waals surface area contributed by atoms with Crippen molar-refractivity contribution < 1.29 is 18.7 Å². The zero-order chi connectivity index (χ0) is 19.6. The second-order valence-corrected chi connectivity index (χ2v) is 18.8. The summed E-state index contributed by atoms with van der Waals surface area (Å²) in [5.74, 6) is 1.27. The highest BCUT2D eigenvalue weighted by atomic mass is 28.4. The van der Waals surface area contributed by atoms with E-state index in [0.717, 1.165) is 5.19 Å². The van der Waals surface area contributed by atoms with Crippen LogP contribution in [0.3, 0.4) is 0 Å². The van der Waals surface area contributed by atoms with Gasteiger partial charge in [0.05, 0.1) is 28.9 Å². The lowest BCUT2D eigenvalue weighted by Crippen LogP contribution is -2.44. The highest BCUT2D eigenvalue weighted by molar-refractivity contribution is 6.89. The molecule has 1 aromatic rings. The molecule has 1 rings (SSSR count). The van der Waals surface area contributed by atoms with Crippen molar-refractivity contribution in [3.63, 3.8) is 0 Å². The zero-order valence-corrected chi connectivity index (χ0v) is 19.5. The largest absolute Gasteiger partial charge is 0.493 e. The van der Waals surface area contributed by atoms with E-state index >= 15 is 0 Å². The summed E-state index contributed by atoms with van der Waals surface area (Å²) in [6, 6.07) is 3.77. The highest BCUT2D eigenvalue weighted by Gasteiger charge is 2.38. The van der Waals surface area contributed by atoms with Crippen molar-refractivity contribution in [2.75, 3.05) is 20.8 Å². The fraction of sp³-hybridized carbons (Fsp3) is 0.632. The second kappa shape index (κ2) is 7.64. The van der Waals surface area contributed by atoms with Crippen LogP contribution in [-0.4, -0.2) is 43.0 Å². The first-order valence-corrected chi connectivity index (χ1v) is 15.1. The minimum atomic E-state index is -1.97. The van der Waals surface area contributed by atoms with E-state index in [1.807, 2.05) is 12.1 Å². The van der Waals surface area contributed by atoms with Gasteiger partial charge in [0.15, 0.2) is 25.6 Å². The minimum Gasteiger partial charge on any atom is -0.493 e. The molecule has 0 unspecified atom stereocenters. The first kappa shape index (κ1) is 21.9. The lowest BCUT2D eigenvalue weighted by Gasteiger charge is -2.36. The van der Waals surface area contributed by atoms with E-state index in [4.69, 9.17) is 13.9 Å². The monoisotopic (exact) mass is 382 g/mol. The number of hydrogen-bond acceptors (Lipinski definition) is 4. The van der Waals surface area contributed by atoms with E-state index in [9.17, 15) is 4.79 Å². The standard InChI is InChI=1S/C19H34O4Si2/c1-19(2,3)25(9,10)23-13-15(20)14-11-16(21-4)17(22-5)12-18(14)24(6,7)8/h11-12H,13H2,1-10H3. The molecule has 0 atom stereocenters. The molecule has 0 bridgehead atoms. The zero-order valence-electron chi connectivity index (χ0n) is 17.5. The Morgan fingerprint density at radius 3 is 1.84 bits per heavy atom. The molecule has 0 aliphatic carbocycles. The molecule has 0 aromatic heterocycles. The first-order chi connectivity index (χ1) is 11.2. The quantitative estimate of drug-likeness (QED) is 0.516. The van der Waals surface area contributed by atoms with Crippen LogP contribution in [0.4, 0.5) is 0 Å². The lowest BCUT2D eigenvalue weighted by atomic mass is 10.1. The molecular weight excluding hydrogens is 348 g/mol. The van der Waals surface area contributed by atoms with Gasteiger partial charge in [-0.2, -0.15) is 0 Å². The van der Waals surface area contributed by atoms with Crippen LogP contribution in [0.1, 0.15) is 31.1 Å². The second-order valence-electron chi connectivity index (χ2n) is 8.97. The fourth-order valence-electron chi connectivity index (χ4n) is 2.27. The summed E-state index contributed by atoms with van der Waals surface area (Å²) in [7, 11) is -0.496. The molecule has 0 N–H and O–H groups in total. The lowest BCUT2D eigenvalue weighted by molar-refractivity contribution is 0.0911. The average Bonchev–Trinajstić information content (AvgIpc) is 2.49. The topological polar surface area (TPSA) is 44.8 Å². The Balaban J connectivity index is 3.24. The third-order valence-corrected chi connectivity index (χ3v) is 11.5. The maximum Gasteiger partial charge on any atom is 0.192 e. The van der Waals surface area contributed by atoms with Gasteiger partial charge in [0.2, 0.25) is 0 Å². The number of ether oxygens (including phenoxy) is 2. The Morgan fingerprint density at radius 1 is 0.960 bits per heavy atom. The van der Waals surface area contributed by atoms with Crippen LogP contribution in [0.25, 0.3) is 0 Å². The third kappa shape index (κ3) is 5.18. The van der Waals surface area contributed by atoms with Gasteiger partial charge in [0.1, 0.15) is 0 Å². The molecule has 0 heterocycles. The van der Waals surface area contributed by atoms with E-state index in [2.05, 4.69) is 53.5 Å². The maximum absolute atomic E-state index is 13.0. The predicted octanol–water partition coefficient (Wildman–Crippen LogP) is 4.45. The SMILES string of the molecule is COc1cc(C(=O)CO[Si](C)(C)C(C)(C)C)c([Si](C)(C)C)cc1OC. The number of benzene rings is 1. The number of Topliss-reactive ketones (excluding diaryl/α,β-unsaturated/α-hetero) is 1. The van der Waals surface area contributed by atoms with Crippen molar-refractivity contribution in [1.82, 2.24) is 0 Å². The van der Waals surface area contributed by atoms with Gasteiger partial charge in [-0.05, 0) is 35.5 Å². The minimum absolute atomic E-state index is 0.0169. The van der Waals surface area contributed by atoms with Crippen LogP contribution in [0.5, 0.6) is 11.5 Å². The fourth-order valence-corrected chi connectivity index (χ4v) is 4.78. The van der Waals surface area contributed by atoms with Crippen LogP contribution < -0.4 is 14.7 Å². The Bertz CT molecular complexity index is 626. The molecule has 6 heteroatoms. The smallest absolute Gasteiger partial charge is 0.192 e. The van der Waals surface area contributed by atoms with Crippen LogP contribution in [0.2, 0.25) is 37.8 Å². The summed E-state index contributed by atoms with van der Waals surface area (Å²) >= 11 is 0. The summed E-state index contributed by atoms with van der Waals surface area (Å²) in [6.07, 6.45) is 0. The molecule has 0 spiro atoms. The molecule has 0 aliphatic heterocycles. The molecule has 0 fully saturated rings. The van der Waals surface area contributed by atoms with Crippen molar-refractivity contribution >= 4 is 27.4 Å². The molecule has 1 aromatic carbocycles. The molecule has 4 nitrogen and oxygen atoms in total. The van der Waals surface area contributed by atoms with Crippen molar-refractivity contribution in [2.24, 2.45) is 0 Å². The van der Waals surface area contributed by atoms with Crippen LogP contribution in [0.15, 0.2) is 12.1 Å². The van der Waals surface area contributed by atoms with Crippen molar-refractivity contribution in [3.05, 3.63) is 17.7 Å². The molecule has 0 saturated heterocycles. The van der Waals surface area contributed by atoms with Gasteiger partial charge in [0.25, 0.3) is 0 Å². The Kier molecular flexibility index (Phi) is 6.70. The average molecular weight is 383 g/mol. The van der Waals surface area contributed by atoms with Crippen LogP contribution in [0, 0.1) is 0 Å². The number of ketones is 1. The maximum atomic E-state index is 13.0.